The van der Waals surface area contributed by atoms with Gasteiger partial charge in [0.2, 0.25) is 11.7 Å². The van der Waals surface area contributed by atoms with E-state index in [1.807, 2.05) is 4.74 Å². The van der Waals surface area contributed by atoms with Crippen molar-refractivity contribution in [3.63, 3.8) is 0 Å². The van der Waals surface area contributed by atoms with Crippen molar-refractivity contribution < 1.29 is 54.2 Å². The highest BCUT2D eigenvalue weighted by atomic mass is 19.4. The van der Waals surface area contributed by atoms with Crippen molar-refractivity contribution in [3.8, 4) is 0 Å². The van der Waals surface area contributed by atoms with Gasteiger partial charge in [0.25, 0.3) is 0 Å². The summed E-state index contributed by atoms with van der Waals surface area (Å²) < 4.78 is 109. The van der Waals surface area contributed by atoms with Crippen molar-refractivity contribution in [2.45, 2.75) is 18.4 Å². The average Bonchev–Trinajstić information content (AvgIpc) is 2.12. The second-order valence-electron chi connectivity index (χ2n) is 2.55. The van der Waals surface area contributed by atoms with E-state index >= 15 is 0 Å². The molecule has 0 aromatic carbocycles. The molecule has 0 saturated heterocycles. The SMILES string of the molecule is O=C([O-])C(F)(F)OC(F)(F)/C(F)=C(\F)C(F)(F)F. The zero-order valence-corrected chi connectivity index (χ0v) is 7.63. The van der Waals surface area contributed by atoms with Crippen LogP contribution in [-0.2, 0) is 9.53 Å². The molecule has 18 heavy (non-hydrogen) atoms. The Morgan fingerprint density at radius 1 is 0.833 bits per heavy atom. The Hall–Kier alpha value is -1.46. The molecular weight excluding hydrogens is 291 g/mol. The van der Waals surface area contributed by atoms with E-state index in [1.54, 1.807) is 0 Å². The van der Waals surface area contributed by atoms with Gasteiger partial charge in [-0.05, 0) is 0 Å². The van der Waals surface area contributed by atoms with E-state index in [-0.39, 0.29) is 0 Å². The van der Waals surface area contributed by atoms with Gasteiger partial charge in [-0.25, -0.2) is 4.74 Å². The predicted octanol–water partition coefficient (Wildman–Crippen LogP) is 1.65. The highest BCUT2D eigenvalue weighted by Crippen LogP contribution is 2.39. The Kier molecular flexibility index (Phi) is 4.29. The lowest BCUT2D eigenvalue weighted by molar-refractivity contribution is -0.404. The average molecular weight is 291 g/mol. The molecule has 0 rings (SSSR count). The second kappa shape index (κ2) is 4.66. The van der Waals surface area contributed by atoms with Crippen LogP contribution in [0, 0.1) is 0 Å². The van der Waals surface area contributed by atoms with Crippen LogP contribution < -0.4 is 5.11 Å². The molecule has 12 heteroatoms. The smallest absolute Gasteiger partial charge is 0.445 e. The molecule has 0 saturated carbocycles. The molecule has 0 N–H and O–H groups in total. The second-order valence-corrected chi connectivity index (χ2v) is 2.55. The molecule has 0 spiro atoms. The highest BCUT2D eigenvalue weighted by molar-refractivity contribution is 5.71. The summed E-state index contributed by atoms with van der Waals surface area (Å²) in [6.45, 7) is 0. The Labute approximate surface area is 91.4 Å². The predicted molar refractivity (Wildman–Crippen MR) is 31.3 cm³/mol. The fraction of sp³-hybridized carbons (Fsp3) is 0.500. The van der Waals surface area contributed by atoms with Crippen molar-refractivity contribution in [2.24, 2.45) is 0 Å². The van der Waals surface area contributed by atoms with Gasteiger partial charge in [-0.2, -0.15) is 39.5 Å². The van der Waals surface area contributed by atoms with Gasteiger partial charge in [-0.1, -0.05) is 0 Å². The molecule has 0 unspecified atom stereocenters. The van der Waals surface area contributed by atoms with Gasteiger partial charge in [-0.3, -0.25) is 0 Å². The van der Waals surface area contributed by atoms with Gasteiger partial charge in [0, 0.05) is 0 Å². The minimum absolute atomic E-state index is 1.96. The van der Waals surface area contributed by atoms with E-state index < -0.39 is 36.0 Å². The molecule has 3 nitrogen and oxygen atoms in total. The molecule has 0 aromatic heterocycles. The van der Waals surface area contributed by atoms with Gasteiger partial charge in [0.1, 0.15) is 5.97 Å². The van der Waals surface area contributed by atoms with E-state index in [1.165, 1.54) is 0 Å². The first kappa shape index (κ1) is 16.5. The molecule has 106 valence electrons. The zero-order chi connectivity index (χ0) is 14.9. The third-order valence-corrected chi connectivity index (χ3v) is 1.19. The summed E-state index contributed by atoms with van der Waals surface area (Å²) in [5, 5.41) is 9.51. The van der Waals surface area contributed by atoms with Crippen molar-refractivity contribution in [1.29, 1.82) is 0 Å². The van der Waals surface area contributed by atoms with Gasteiger partial charge in [0.05, 0.1) is 0 Å². The number of allylic oxidation sites excluding steroid dienone is 1. The fourth-order valence-corrected chi connectivity index (χ4v) is 0.500. The van der Waals surface area contributed by atoms with E-state index in [0.29, 0.717) is 0 Å². The van der Waals surface area contributed by atoms with E-state index in [9.17, 15) is 49.4 Å². The molecule has 0 atom stereocenters. The third-order valence-electron chi connectivity index (χ3n) is 1.19. The monoisotopic (exact) mass is 291 g/mol. The van der Waals surface area contributed by atoms with E-state index in [2.05, 4.69) is 0 Å². The highest BCUT2D eigenvalue weighted by Gasteiger charge is 2.54. The molecule has 0 heterocycles. The number of ether oxygens (including phenoxy) is 1. The van der Waals surface area contributed by atoms with Gasteiger partial charge < -0.3 is 9.90 Å². The number of rotatable bonds is 4. The maximum Gasteiger partial charge on any atom is 0.445 e. The molecule has 0 aliphatic carbocycles. The van der Waals surface area contributed by atoms with Crippen LogP contribution in [-0.4, -0.2) is 24.4 Å². The first-order valence-electron chi connectivity index (χ1n) is 3.52. The largest absolute Gasteiger partial charge is 0.542 e. The first-order valence-corrected chi connectivity index (χ1v) is 3.52. The third kappa shape index (κ3) is 3.78. The normalized spacial score (nSPS) is 15.4. The minimum Gasteiger partial charge on any atom is -0.542 e. The number of alkyl halides is 7. The minimum atomic E-state index is -6.23. The summed E-state index contributed by atoms with van der Waals surface area (Å²) >= 11 is 0. The number of carboxylic acids is 1. The summed E-state index contributed by atoms with van der Waals surface area (Å²) in [6.07, 6.45) is -18.2. The van der Waals surface area contributed by atoms with Crippen LogP contribution in [0.15, 0.2) is 11.7 Å². The van der Waals surface area contributed by atoms with Crippen LogP contribution >= 0.6 is 0 Å². The van der Waals surface area contributed by atoms with Crippen molar-refractivity contribution in [1.82, 2.24) is 0 Å². The van der Waals surface area contributed by atoms with Crippen LogP contribution in [0.4, 0.5) is 39.5 Å². The summed E-state index contributed by atoms with van der Waals surface area (Å²) in [5.74, 6) is -11.7. The summed E-state index contributed by atoms with van der Waals surface area (Å²) in [4.78, 5) is 9.51. The molecule has 0 aliphatic heterocycles. The van der Waals surface area contributed by atoms with Gasteiger partial charge >= 0.3 is 18.4 Å². The van der Waals surface area contributed by atoms with Crippen LogP contribution in [0.3, 0.4) is 0 Å². The lowest BCUT2D eigenvalue weighted by Crippen LogP contribution is -2.47. The maximum absolute atomic E-state index is 12.3. The summed E-state index contributed by atoms with van der Waals surface area (Å²) in [6, 6.07) is 0. The topological polar surface area (TPSA) is 49.4 Å². The number of aliphatic carboxylic acids is 1. The number of halogens is 9. The summed E-state index contributed by atoms with van der Waals surface area (Å²) in [5.41, 5.74) is 0. The number of carbonyl (C=O) groups is 1. The Bertz CT molecular complexity index is 369. The number of hydrogen-bond acceptors (Lipinski definition) is 3. The molecule has 0 aromatic rings. The molecule has 0 amide bonds. The number of hydrogen-bond donors (Lipinski definition) is 0. The molecule has 0 fully saturated rings. The summed E-state index contributed by atoms with van der Waals surface area (Å²) in [7, 11) is 0. The molecular formula is C6F9O3-. The van der Waals surface area contributed by atoms with Crippen molar-refractivity contribution in [2.75, 3.05) is 0 Å². The maximum atomic E-state index is 12.3. The van der Waals surface area contributed by atoms with Crippen LogP contribution in [0.1, 0.15) is 0 Å². The van der Waals surface area contributed by atoms with Crippen LogP contribution in [0.25, 0.3) is 0 Å². The van der Waals surface area contributed by atoms with Gasteiger partial charge in [0.15, 0.2) is 0 Å². The van der Waals surface area contributed by atoms with Crippen LogP contribution in [0.5, 0.6) is 0 Å². The van der Waals surface area contributed by atoms with Crippen molar-refractivity contribution in [3.05, 3.63) is 11.7 Å². The lowest BCUT2D eigenvalue weighted by atomic mass is 10.4. The molecule has 0 aliphatic rings. The van der Waals surface area contributed by atoms with Gasteiger partial charge in [-0.15, -0.1) is 0 Å². The van der Waals surface area contributed by atoms with E-state index in [0.717, 1.165) is 0 Å². The first-order chi connectivity index (χ1) is 7.72. The number of carboxylic acid groups (broad SMARTS) is 1. The molecule has 0 bridgehead atoms. The standard InChI is InChI=1S/C6HF9O3/c7-1(4(9,10)11)2(8)5(12,13)18-6(14,15)3(16)17/h(H,16,17)/p-1/b2-1+. The van der Waals surface area contributed by atoms with E-state index in [4.69, 9.17) is 0 Å². The Morgan fingerprint density at radius 2 is 1.22 bits per heavy atom. The van der Waals surface area contributed by atoms with Crippen LogP contribution in [0.2, 0.25) is 0 Å². The lowest BCUT2D eigenvalue weighted by Gasteiger charge is -2.23. The number of carbonyl (C=O) groups excluding carboxylic acids is 1. The molecule has 0 radical (unpaired) electrons. The Balaban J connectivity index is 5.36. The quantitative estimate of drug-likeness (QED) is 0.740. The fourth-order valence-electron chi connectivity index (χ4n) is 0.500. The Morgan fingerprint density at radius 3 is 1.50 bits per heavy atom. The zero-order valence-electron chi connectivity index (χ0n) is 7.63. The van der Waals surface area contributed by atoms with Crippen molar-refractivity contribution >= 4 is 5.97 Å².